The highest BCUT2D eigenvalue weighted by atomic mass is 19.1. The van der Waals surface area contributed by atoms with Crippen molar-refractivity contribution in [3.05, 3.63) is 29.6 Å². The van der Waals surface area contributed by atoms with Crippen molar-refractivity contribution in [2.45, 2.75) is 45.3 Å². The van der Waals surface area contributed by atoms with Crippen molar-refractivity contribution in [3.8, 4) is 5.75 Å². The average Bonchev–Trinajstić information content (AvgIpc) is 2.36. The molecule has 1 aliphatic carbocycles. The summed E-state index contributed by atoms with van der Waals surface area (Å²) in [5.74, 6) is 0.968. The summed E-state index contributed by atoms with van der Waals surface area (Å²) < 4.78 is 19.8. The van der Waals surface area contributed by atoms with Crippen molar-refractivity contribution < 1.29 is 9.13 Å². The Bertz CT molecular complexity index is 386. The fourth-order valence-electron chi connectivity index (χ4n) is 2.53. The van der Waals surface area contributed by atoms with Crippen LogP contribution in [0.4, 0.5) is 4.39 Å². The maximum atomic E-state index is 13.9. The molecule has 1 aromatic carbocycles. The summed E-state index contributed by atoms with van der Waals surface area (Å²) in [5.41, 5.74) is 0.899. The van der Waals surface area contributed by atoms with Gasteiger partial charge in [-0.15, -0.1) is 0 Å². The number of hydrogen-bond donors (Lipinski definition) is 1. The van der Waals surface area contributed by atoms with Gasteiger partial charge in [-0.05, 0) is 44.7 Å². The fourth-order valence-corrected chi connectivity index (χ4v) is 2.53. The van der Waals surface area contributed by atoms with E-state index in [1.54, 1.807) is 6.07 Å². The van der Waals surface area contributed by atoms with Crippen LogP contribution in [-0.4, -0.2) is 13.2 Å². The number of rotatable bonds is 4. The third-order valence-corrected chi connectivity index (χ3v) is 3.66. The van der Waals surface area contributed by atoms with E-state index in [0.29, 0.717) is 12.3 Å². The van der Waals surface area contributed by atoms with Gasteiger partial charge < -0.3 is 10.1 Å². The first kappa shape index (κ1) is 13.3. The molecule has 0 aliphatic heterocycles. The second-order valence-corrected chi connectivity index (χ2v) is 5.26. The van der Waals surface area contributed by atoms with Crippen LogP contribution in [0.25, 0.3) is 0 Å². The first-order valence-corrected chi connectivity index (χ1v) is 6.79. The molecule has 1 aliphatic rings. The highest BCUT2D eigenvalue weighted by Gasteiger charge is 2.21. The third kappa shape index (κ3) is 3.22. The van der Waals surface area contributed by atoms with Crippen LogP contribution in [0.5, 0.6) is 5.75 Å². The summed E-state index contributed by atoms with van der Waals surface area (Å²) in [6, 6.07) is 5.12. The summed E-state index contributed by atoms with van der Waals surface area (Å²) in [6.07, 6.45) is 4.61. The Morgan fingerprint density at radius 2 is 2.00 bits per heavy atom. The van der Waals surface area contributed by atoms with Crippen molar-refractivity contribution in [2.24, 2.45) is 5.92 Å². The number of hydrogen-bond acceptors (Lipinski definition) is 2. The molecule has 2 nitrogen and oxygen atoms in total. The molecule has 18 heavy (non-hydrogen) atoms. The van der Waals surface area contributed by atoms with E-state index in [1.165, 1.54) is 18.9 Å². The minimum absolute atomic E-state index is 0.175. The van der Waals surface area contributed by atoms with E-state index in [-0.39, 0.29) is 11.9 Å². The van der Waals surface area contributed by atoms with Crippen molar-refractivity contribution in [2.75, 3.05) is 7.05 Å². The number of halogens is 1. The van der Waals surface area contributed by atoms with Crippen LogP contribution >= 0.6 is 0 Å². The van der Waals surface area contributed by atoms with Gasteiger partial charge in [-0.2, -0.15) is 0 Å². The lowest BCUT2D eigenvalue weighted by atomic mass is 9.89. The molecule has 0 saturated heterocycles. The molecule has 1 fully saturated rings. The molecule has 0 heterocycles. The molecule has 3 heteroatoms. The smallest absolute Gasteiger partial charge is 0.165 e. The average molecular weight is 251 g/mol. The molecule has 1 saturated carbocycles. The molecule has 0 spiro atoms. The molecule has 0 bridgehead atoms. The Balaban J connectivity index is 2.07. The molecule has 2 rings (SSSR count). The van der Waals surface area contributed by atoms with E-state index in [4.69, 9.17) is 4.74 Å². The number of ether oxygens (including phenoxy) is 1. The van der Waals surface area contributed by atoms with Crippen LogP contribution in [0.1, 0.15) is 38.2 Å². The Kier molecular flexibility index (Phi) is 4.59. The summed E-state index contributed by atoms with van der Waals surface area (Å²) in [6.45, 7) is 2.90. The Hall–Kier alpha value is -1.09. The van der Waals surface area contributed by atoms with Gasteiger partial charge in [0.2, 0.25) is 0 Å². The molecular weight excluding hydrogens is 229 g/mol. The van der Waals surface area contributed by atoms with Gasteiger partial charge in [-0.1, -0.05) is 19.1 Å². The van der Waals surface area contributed by atoms with Crippen LogP contribution in [0.3, 0.4) is 0 Å². The molecule has 0 amide bonds. The lowest BCUT2D eigenvalue weighted by Crippen LogP contribution is -2.24. The third-order valence-electron chi connectivity index (χ3n) is 3.66. The van der Waals surface area contributed by atoms with Crippen LogP contribution in [0.2, 0.25) is 0 Å². The Morgan fingerprint density at radius 1 is 1.28 bits per heavy atom. The summed E-state index contributed by atoms with van der Waals surface area (Å²) in [7, 11) is 1.86. The lowest BCUT2D eigenvalue weighted by Gasteiger charge is -2.27. The van der Waals surface area contributed by atoms with E-state index in [2.05, 4.69) is 12.2 Å². The van der Waals surface area contributed by atoms with Crippen LogP contribution in [0, 0.1) is 11.7 Å². The maximum Gasteiger partial charge on any atom is 0.165 e. The van der Waals surface area contributed by atoms with Gasteiger partial charge in [0, 0.05) is 12.1 Å². The predicted molar refractivity (Wildman–Crippen MR) is 71.2 cm³/mol. The summed E-state index contributed by atoms with van der Waals surface area (Å²) >= 11 is 0. The molecular formula is C15H22FNO. The molecule has 1 N–H and O–H groups in total. The highest BCUT2D eigenvalue weighted by Crippen LogP contribution is 2.30. The van der Waals surface area contributed by atoms with Gasteiger partial charge in [0.05, 0.1) is 6.10 Å². The summed E-state index contributed by atoms with van der Waals surface area (Å²) in [4.78, 5) is 0. The molecule has 0 unspecified atom stereocenters. The van der Waals surface area contributed by atoms with Gasteiger partial charge >= 0.3 is 0 Å². The van der Waals surface area contributed by atoms with E-state index in [9.17, 15) is 4.39 Å². The zero-order chi connectivity index (χ0) is 13.0. The van der Waals surface area contributed by atoms with Crippen molar-refractivity contribution in [3.63, 3.8) is 0 Å². The monoisotopic (exact) mass is 251 g/mol. The second-order valence-electron chi connectivity index (χ2n) is 5.26. The molecule has 0 aromatic heterocycles. The van der Waals surface area contributed by atoms with Gasteiger partial charge in [0.15, 0.2) is 11.6 Å². The SMILES string of the molecule is CNCc1cccc(F)c1OC1CCC(C)CC1. The van der Waals surface area contributed by atoms with Crippen molar-refractivity contribution in [1.82, 2.24) is 5.32 Å². The Morgan fingerprint density at radius 3 is 2.67 bits per heavy atom. The van der Waals surface area contributed by atoms with Crippen LogP contribution in [-0.2, 0) is 6.54 Å². The molecule has 0 atom stereocenters. The second kappa shape index (κ2) is 6.19. The fraction of sp³-hybridized carbons (Fsp3) is 0.600. The van der Waals surface area contributed by atoms with E-state index < -0.39 is 0 Å². The van der Waals surface area contributed by atoms with Crippen LogP contribution in [0.15, 0.2) is 18.2 Å². The van der Waals surface area contributed by atoms with Crippen LogP contribution < -0.4 is 10.1 Å². The van der Waals surface area contributed by atoms with E-state index in [1.807, 2.05) is 13.1 Å². The van der Waals surface area contributed by atoms with Gasteiger partial charge in [0.25, 0.3) is 0 Å². The minimum Gasteiger partial charge on any atom is -0.487 e. The first-order valence-electron chi connectivity index (χ1n) is 6.79. The lowest BCUT2D eigenvalue weighted by molar-refractivity contribution is 0.129. The molecule has 100 valence electrons. The van der Waals surface area contributed by atoms with Gasteiger partial charge in [0.1, 0.15) is 0 Å². The van der Waals surface area contributed by atoms with Gasteiger partial charge in [-0.25, -0.2) is 4.39 Å². The number of benzene rings is 1. The Labute approximate surface area is 109 Å². The summed E-state index contributed by atoms with van der Waals surface area (Å²) in [5, 5.41) is 3.05. The van der Waals surface area contributed by atoms with E-state index in [0.717, 1.165) is 24.3 Å². The largest absolute Gasteiger partial charge is 0.487 e. The topological polar surface area (TPSA) is 21.3 Å². The van der Waals surface area contributed by atoms with Crippen molar-refractivity contribution in [1.29, 1.82) is 0 Å². The maximum absolute atomic E-state index is 13.9. The zero-order valence-corrected chi connectivity index (χ0v) is 11.2. The quantitative estimate of drug-likeness (QED) is 0.884. The highest BCUT2D eigenvalue weighted by molar-refractivity contribution is 5.35. The van der Waals surface area contributed by atoms with E-state index >= 15 is 0 Å². The number of nitrogens with one attached hydrogen (secondary N) is 1. The minimum atomic E-state index is -0.249. The predicted octanol–water partition coefficient (Wildman–Crippen LogP) is 3.50. The van der Waals surface area contributed by atoms with Crippen molar-refractivity contribution >= 4 is 0 Å². The van der Waals surface area contributed by atoms with Gasteiger partial charge in [-0.3, -0.25) is 0 Å². The normalized spacial score (nSPS) is 23.9. The molecule has 1 aromatic rings. The zero-order valence-electron chi connectivity index (χ0n) is 11.2. The first-order chi connectivity index (χ1) is 8.70. The molecule has 0 radical (unpaired) electrons. The number of para-hydroxylation sites is 1. The standard InChI is InChI=1S/C15H22FNO/c1-11-6-8-13(9-7-11)18-15-12(10-17-2)4-3-5-14(15)16/h3-5,11,13,17H,6-10H2,1-2H3.